The summed E-state index contributed by atoms with van der Waals surface area (Å²) in [4.78, 5) is 5.44. The number of diazo groups is 1. The van der Waals surface area contributed by atoms with E-state index in [1.54, 1.807) is 0 Å². The van der Waals surface area contributed by atoms with E-state index in [2.05, 4.69) is 41.1 Å². The van der Waals surface area contributed by atoms with Crippen LogP contribution in [0, 0.1) is 5.39 Å². The second-order valence-corrected chi connectivity index (χ2v) is 4.12. The van der Waals surface area contributed by atoms with Crippen molar-refractivity contribution in [2.45, 2.75) is 13.5 Å². The Kier molecular flexibility index (Phi) is 12.1. The quantitative estimate of drug-likeness (QED) is 0.467. The maximum atomic E-state index is 8.67. The maximum absolute atomic E-state index is 8.67. The van der Waals surface area contributed by atoms with Crippen LogP contribution >= 0.6 is 0 Å². The molecule has 2 aromatic rings. The van der Waals surface area contributed by atoms with Gasteiger partial charge in [-0.15, -0.1) is 0 Å². The van der Waals surface area contributed by atoms with E-state index in [0.717, 1.165) is 18.8 Å². The van der Waals surface area contributed by atoms with Crippen molar-refractivity contribution in [3.8, 4) is 0 Å². The summed E-state index contributed by atoms with van der Waals surface area (Å²) in [5.74, 6) is 0. The van der Waals surface area contributed by atoms with E-state index in [1.165, 1.54) is 5.56 Å². The van der Waals surface area contributed by atoms with Crippen molar-refractivity contribution in [2.75, 3.05) is 11.4 Å². The van der Waals surface area contributed by atoms with Crippen molar-refractivity contribution in [3.05, 3.63) is 65.1 Å². The average molecular weight is 375 g/mol. The first-order chi connectivity index (χ1) is 8.83. The molecule has 0 atom stereocenters. The fourth-order valence-corrected chi connectivity index (χ4v) is 1.92. The van der Waals surface area contributed by atoms with Crippen molar-refractivity contribution in [1.82, 2.24) is 0 Å². The minimum atomic E-state index is 0. The van der Waals surface area contributed by atoms with Crippen LogP contribution in [-0.4, -0.2) is 6.54 Å². The van der Waals surface area contributed by atoms with Crippen molar-refractivity contribution in [3.63, 3.8) is 0 Å². The first-order valence-electron chi connectivity index (χ1n) is 6.07. The Morgan fingerprint density at radius 2 is 1.52 bits per heavy atom. The molecule has 0 unspecified atom stereocenters. The number of anilines is 1. The molecular weight excluding hydrogens is 358 g/mol. The molecule has 0 aliphatic rings. The molecule has 0 radical (unpaired) electrons. The molecule has 0 aliphatic carbocycles. The molecule has 106 valence electrons. The van der Waals surface area contributed by atoms with E-state index in [0.29, 0.717) is 5.69 Å². The van der Waals surface area contributed by atoms with E-state index >= 15 is 0 Å². The Bertz CT molecular complexity index is 541. The molecule has 0 aromatic heterocycles. The van der Waals surface area contributed by atoms with E-state index in [4.69, 9.17) is 5.39 Å². The molecule has 0 fully saturated rings. The molecule has 3 nitrogen and oxygen atoms in total. The summed E-state index contributed by atoms with van der Waals surface area (Å²) in [5.41, 5.74) is 3.00. The molecule has 0 saturated heterocycles. The molecule has 21 heavy (non-hydrogen) atoms. The van der Waals surface area contributed by atoms with Crippen LogP contribution in [0.3, 0.4) is 0 Å². The van der Waals surface area contributed by atoms with Crippen LogP contribution in [0.2, 0.25) is 0 Å². The summed E-state index contributed by atoms with van der Waals surface area (Å²) in [5, 5.41) is 8.67. The summed E-state index contributed by atoms with van der Waals surface area (Å²) in [7, 11) is 0. The Balaban J connectivity index is 0. The summed E-state index contributed by atoms with van der Waals surface area (Å²) in [6.07, 6.45) is 0. The predicted molar refractivity (Wildman–Crippen MR) is 74.4 cm³/mol. The number of hydrogen-bond donors (Lipinski definition) is 0. The summed E-state index contributed by atoms with van der Waals surface area (Å²) in [6, 6.07) is 17.9. The van der Waals surface area contributed by atoms with Crippen LogP contribution in [-0.2, 0) is 26.0 Å². The second-order valence-electron chi connectivity index (χ2n) is 4.12. The smallest absolute Gasteiger partial charge is 1.00 e. The van der Waals surface area contributed by atoms with Gasteiger partial charge in [-0.1, -0.05) is 30.3 Å². The third kappa shape index (κ3) is 6.44. The minimum Gasteiger partial charge on any atom is -1.00 e. The third-order valence-corrected chi connectivity index (χ3v) is 2.93. The van der Waals surface area contributed by atoms with Gasteiger partial charge in [0.1, 0.15) is 0 Å². The van der Waals surface area contributed by atoms with Gasteiger partial charge in [-0.05, 0) is 24.6 Å². The summed E-state index contributed by atoms with van der Waals surface area (Å²) >= 11 is 0. The normalized spacial score (nSPS) is 8.38. The third-order valence-electron chi connectivity index (χ3n) is 2.93. The standard InChI is InChI=1S/C15H16N3.2ClH.Zn/c1-2-18(12-13-6-4-3-5-7-13)15-10-8-14(17-16)9-11-15;;;/h3-11H,2,12H2,1H3;2*1H;/q+1;;;+2/p-2. The van der Waals surface area contributed by atoms with Crippen molar-refractivity contribution in [1.29, 1.82) is 5.39 Å². The van der Waals surface area contributed by atoms with Crippen LogP contribution in [0.25, 0.3) is 4.98 Å². The molecule has 2 aromatic carbocycles. The van der Waals surface area contributed by atoms with E-state index in [-0.39, 0.29) is 44.3 Å². The zero-order valence-electron chi connectivity index (χ0n) is 11.9. The van der Waals surface area contributed by atoms with Gasteiger partial charge in [0.15, 0.2) is 4.98 Å². The molecule has 0 heterocycles. The zero-order chi connectivity index (χ0) is 12.8. The van der Waals surface area contributed by atoms with Gasteiger partial charge in [0.2, 0.25) is 5.39 Å². The monoisotopic (exact) mass is 372 g/mol. The molecule has 0 amide bonds. The fraction of sp³-hybridized carbons (Fsp3) is 0.200. The topological polar surface area (TPSA) is 31.4 Å². The van der Waals surface area contributed by atoms with Crippen LogP contribution in [0.4, 0.5) is 11.4 Å². The number of hydrogen-bond acceptors (Lipinski definition) is 2. The molecule has 0 N–H and O–H groups in total. The van der Waals surface area contributed by atoms with Crippen LogP contribution in [0.15, 0.2) is 54.6 Å². The van der Waals surface area contributed by atoms with E-state index in [1.807, 2.05) is 30.3 Å². The van der Waals surface area contributed by atoms with Gasteiger partial charge in [-0.25, -0.2) is 0 Å². The van der Waals surface area contributed by atoms with Crippen LogP contribution in [0.5, 0.6) is 0 Å². The maximum Gasteiger partial charge on any atom is 2.00 e. The van der Waals surface area contributed by atoms with Gasteiger partial charge in [-0.2, -0.15) is 0 Å². The van der Waals surface area contributed by atoms with Crippen LogP contribution in [0.1, 0.15) is 12.5 Å². The minimum absolute atomic E-state index is 0. The average Bonchev–Trinajstić information content (AvgIpc) is 2.46. The number of nitrogens with zero attached hydrogens (tertiary/aromatic N) is 3. The summed E-state index contributed by atoms with van der Waals surface area (Å²) < 4.78 is 0. The second kappa shape index (κ2) is 11.5. The Labute approximate surface area is 150 Å². The molecule has 0 bridgehead atoms. The first-order valence-corrected chi connectivity index (χ1v) is 6.07. The van der Waals surface area contributed by atoms with Gasteiger partial charge >= 0.3 is 25.2 Å². The molecular formula is C15H16Cl2N3Zn+. The van der Waals surface area contributed by atoms with Gasteiger partial charge < -0.3 is 29.7 Å². The molecule has 2 rings (SSSR count). The zero-order valence-corrected chi connectivity index (χ0v) is 16.4. The van der Waals surface area contributed by atoms with Crippen molar-refractivity contribution in [2.24, 2.45) is 0 Å². The number of benzene rings is 2. The molecule has 0 spiro atoms. The molecule has 6 heteroatoms. The fourth-order valence-electron chi connectivity index (χ4n) is 1.92. The molecule has 0 aliphatic heterocycles. The summed E-state index contributed by atoms with van der Waals surface area (Å²) in [6.45, 7) is 3.95. The Hall–Kier alpha value is -1.14. The van der Waals surface area contributed by atoms with Crippen LogP contribution < -0.4 is 29.7 Å². The van der Waals surface area contributed by atoms with Gasteiger partial charge in [0.25, 0.3) is 0 Å². The van der Waals surface area contributed by atoms with E-state index < -0.39 is 0 Å². The molecule has 0 saturated carbocycles. The van der Waals surface area contributed by atoms with Gasteiger partial charge in [-0.3, -0.25) is 0 Å². The van der Waals surface area contributed by atoms with Gasteiger partial charge in [0.05, 0.1) is 0 Å². The SMILES string of the molecule is CCN(Cc1ccccc1)c1ccc([N+]#N)cc1.[Cl-].[Cl-].[Zn+2]. The van der Waals surface area contributed by atoms with E-state index in [9.17, 15) is 0 Å². The number of rotatable bonds is 4. The Morgan fingerprint density at radius 1 is 0.952 bits per heavy atom. The van der Waals surface area contributed by atoms with Gasteiger partial charge in [0, 0.05) is 30.9 Å². The predicted octanol–water partition coefficient (Wildman–Crippen LogP) is -1.80. The number of halogens is 2. The Morgan fingerprint density at radius 3 is 2.00 bits per heavy atom. The van der Waals surface area contributed by atoms with Crippen molar-refractivity contribution >= 4 is 11.4 Å². The largest absolute Gasteiger partial charge is 2.00 e. The van der Waals surface area contributed by atoms with Crippen molar-refractivity contribution < 1.29 is 44.3 Å². The first kappa shape index (κ1) is 22.1.